The summed E-state index contributed by atoms with van der Waals surface area (Å²) >= 11 is 0. The quantitative estimate of drug-likeness (QED) is 0.445. The monoisotopic (exact) mass is 460 g/mol. The summed E-state index contributed by atoms with van der Waals surface area (Å²) in [6.07, 6.45) is 6.35. The highest BCUT2D eigenvalue weighted by molar-refractivity contribution is 6.04. The van der Waals surface area contributed by atoms with Gasteiger partial charge in [-0.15, -0.1) is 0 Å². The van der Waals surface area contributed by atoms with Crippen molar-refractivity contribution in [2.45, 2.75) is 52.6 Å². The second-order valence-electron chi connectivity index (χ2n) is 8.40. The lowest BCUT2D eigenvalue weighted by Gasteiger charge is -2.20. The normalized spacial score (nSPS) is 13.5. The van der Waals surface area contributed by atoms with Gasteiger partial charge < -0.3 is 20.3 Å². The number of amides is 1. The molecule has 8 nitrogen and oxygen atoms in total. The number of anilines is 4. The molecule has 0 aliphatic heterocycles. The zero-order valence-corrected chi connectivity index (χ0v) is 20.0. The van der Waals surface area contributed by atoms with Gasteiger partial charge in [-0.3, -0.25) is 4.79 Å². The molecule has 0 radical (unpaired) electrons. The second kappa shape index (κ2) is 11.0. The molecule has 0 saturated heterocycles. The van der Waals surface area contributed by atoms with E-state index in [0.29, 0.717) is 23.0 Å². The molecule has 1 amide bonds. The van der Waals surface area contributed by atoms with E-state index in [4.69, 9.17) is 4.74 Å². The van der Waals surface area contributed by atoms with Crippen LogP contribution in [0.25, 0.3) is 0 Å². The van der Waals surface area contributed by atoms with Gasteiger partial charge in [0.05, 0.1) is 5.56 Å². The molecular weight excluding hydrogens is 428 g/mol. The van der Waals surface area contributed by atoms with Crippen LogP contribution in [-0.2, 0) is 0 Å². The summed E-state index contributed by atoms with van der Waals surface area (Å²) in [5.41, 5.74) is 2.06. The molecule has 4 rings (SSSR count). The third kappa shape index (κ3) is 6.01. The standard InChI is InChI=1S/C26H32N6O2/c1-4-32(5-2)24-16-23(28-18(3)29-24)30-20-11-13-21(14-12-20)31-26(33)19-10-15-25(27-17-19)34-22-8-6-7-9-22/h10-17,22H,4-9H2,1-3H3,(H,31,33)(H,28,29,30). The van der Waals surface area contributed by atoms with Gasteiger partial charge in [-0.05, 0) is 76.8 Å². The lowest BCUT2D eigenvalue weighted by atomic mass is 10.2. The van der Waals surface area contributed by atoms with Gasteiger partial charge in [-0.2, -0.15) is 0 Å². The third-order valence-electron chi connectivity index (χ3n) is 5.92. The molecule has 2 aromatic heterocycles. The highest BCUT2D eigenvalue weighted by atomic mass is 16.5. The van der Waals surface area contributed by atoms with Gasteiger partial charge in [0.2, 0.25) is 5.88 Å². The molecule has 1 aromatic carbocycles. The van der Waals surface area contributed by atoms with E-state index in [9.17, 15) is 4.79 Å². The summed E-state index contributed by atoms with van der Waals surface area (Å²) in [4.78, 5) is 28.1. The second-order valence-corrected chi connectivity index (χ2v) is 8.40. The van der Waals surface area contributed by atoms with E-state index in [1.54, 1.807) is 18.3 Å². The highest BCUT2D eigenvalue weighted by Gasteiger charge is 2.17. The SMILES string of the molecule is CCN(CC)c1cc(Nc2ccc(NC(=O)c3ccc(OC4CCCC4)nc3)cc2)nc(C)n1. The van der Waals surface area contributed by atoms with Crippen molar-refractivity contribution in [3.63, 3.8) is 0 Å². The first-order valence-electron chi connectivity index (χ1n) is 12.0. The summed E-state index contributed by atoms with van der Waals surface area (Å²) in [6, 6.07) is 13.0. The Balaban J connectivity index is 1.36. The largest absolute Gasteiger partial charge is 0.474 e. The zero-order valence-electron chi connectivity index (χ0n) is 20.0. The van der Waals surface area contributed by atoms with Gasteiger partial charge in [0.1, 0.15) is 23.6 Å². The predicted molar refractivity (Wildman–Crippen MR) is 135 cm³/mol. The molecular formula is C26H32N6O2. The van der Waals surface area contributed by atoms with Crippen LogP contribution in [0.3, 0.4) is 0 Å². The number of rotatable bonds is 9. The lowest BCUT2D eigenvalue weighted by molar-refractivity contribution is 0.102. The number of pyridine rings is 1. The van der Waals surface area contributed by atoms with Crippen molar-refractivity contribution in [1.29, 1.82) is 0 Å². The van der Waals surface area contributed by atoms with Gasteiger partial charge in [0.15, 0.2) is 0 Å². The minimum atomic E-state index is -0.212. The summed E-state index contributed by atoms with van der Waals surface area (Å²) in [6.45, 7) is 7.86. The molecule has 0 bridgehead atoms. The number of nitrogens with one attached hydrogen (secondary N) is 2. The molecule has 2 heterocycles. The van der Waals surface area contributed by atoms with E-state index in [0.717, 1.165) is 43.3 Å². The lowest BCUT2D eigenvalue weighted by Crippen LogP contribution is -2.23. The number of carbonyl (C=O) groups excluding carboxylic acids is 1. The number of hydrogen-bond donors (Lipinski definition) is 2. The van der Waals surface area contributed by atoms with Gasteiger partial charge in [0.25, 0.3) is 5.91 Å². The molecule has 1 aliphatic carbocycles. The van der Waals surface area contributed by atoms with Gasteiger partial charge >= 0.3 is 0 Å². The van der Waals surface area contributed by atoms with Crippen LogP contribution < -0.4 is 20.3 Å². The Morgan fingerprint density at radius 2 is 1.74 bits per heavy atom. The first-order chi connectivity index (χ1) is 16.5. The minimum absolute atomic E-state index is 0.212. The molecule has 2 N–H and O–H groups in total. The molecule has 1 saturated carbocycles. The maximum atomic E-state index is 12.6. The van der Waals surface area contributed by atoms with E-state index in [1.165, 1.54) is 12.8 Å². The number of aromatic nitrogens is 3. The van der Waals surface area contributed by atoms with Crippen molar-refractivity contribution in [3.05, 3.63) is 60.0 Å². The van der Waals surface area contributed by atoms with E-state index in [1.807, 2.05) is 37.3 Å². The van der Waals surface area contributed by atoms with Crippen LogP contribution in [0.5, 0.6) is 5.88 Å². The van der Waals surface area contributed by atoms with Gasteiger partial charge in [0, 0.05) is 42.8 Å². The van der Waals surface area contributed by atoms with Crippen molar-refractivity contribution in [3.8, 4) is 5.88 Å². The van der Waals surface area contributed by atoms with E-state index < -0.39 is 0 Å². The molecule has 8 heteroatoms. The molecule has 1 fully saturated rings. The Kier molecular flexibility index (Phi) is 7.57. The van der Waals surface area contributed by atoms with E-state index in [-0.39, 0.29) is 12.0 Å². The Labute approximate surface area is 200 Å². The Bertz CT molecular complexity index is 1090. The van der Waals surface area contributed by atoms with Crippen LogP contribution in [0.4, 0.5) is 23.0 Å². The van der Waals surface area contributed by atoms with Crippen LogP contribution in [0.2, 0.25) is 0 Å². The minimum Gasteiger partial charge on any atom is -0.474 e. The van der Waals surface area contributed by atoms with Crippen LogP contribution >= 0.6 is 0 Å². The fourth-order valence-electron chi connectivity index (χ4n) is 4.07. The van der Waals surface area contributed by atoms with Crippen LogP contribution in [0.15, 0.2) is 48.7 Å². The Morgan fingerprint density at radius 3 is 2.38 bits per heavy atom. The fraction of sp³-hybridized carbons (Fsp3) is 0.385. The van der Waals surface area contributed by atoms with E-state index >= 15 is 0 Å². The number of aryl methyl sites for hydroxylation is 1. The number of benzene rings is 1. The summed E-state index contributed by atoms with van der Waals surface area (Å²) < 4.78 is 5.87. The number of hydrogen-bond acceptors (Lipinski definition) is 7. The van der Waals surface area contributed by atoms with Crippen LogP contribution in [-0.4, -0.2) is 40.1 Å². The molecule has 0 spiro atoms. The van der Waals surface area contributed by atoms with Crippen molar-refractivity contribution < 1.29 is 9.53 Å². The first kappa shape index (κ1) is 23.5. The van der Waals surface area contributed by atoms with Crippen molar-refractivity contribution in [2.24, 2.45) is 0 Å². The zero-order chi connectivity index (χ0) is 23.9. The molecule has 3 aromatic rings. The molecule has 178 valence electrons. The predicted octanol–water partition coefficient (Wildman–Crippen LogP) is 5.34. The van der Waals surface area contributed by atoms with Gasteiger partial charge in [-0.1, -0.05) is 0 Å². The van der Waals surface area contributed by atoms with Crippen LogP contribution in [0.1, 0.15) is 55.7 Å². The molecule has 34 heavy (non-hydrogen) atoms. The topological polar surface area (TPSA) is 92.3 Å². The third-order valence-corrected chi connectivity index (χ3v) is 5.92. The van der Waals surface area contributed by atoms with Crippen molar-refractivity contribution in [2.75, 3.05) is 28.6 Å². The van der Waals surface area contributed by atoms with Crippen molar-refractivity contribution >= 4 is 28.9 Å². The fourth-order valence-corrected chi connectivity index (χ4v) is 4.07. The summed E-state index contributed by atoms with van der Waals surface area (Å²) in [5.74, 6) is 2.71. The summed E-state index contributed by atoms with van der Waals surface area (Å²) in [7, 11) is 0. The number of nitrogens with zero attached hydrogens (tertiary/aromatic N) is 4. The molecule has 0 atom stereocenters. The first-order valence-corrected chi connectivity index (χ1v) is 12.0. The van der Waals surface area contributed by atoms with E-state index in [2.05, 4.69) is 44.3 Å². The molecule has 1 aliphatic rings. The maximum absolute atomic E-state index is 12.6. The smallest absolute Gasteiger partial charge is 0.257 e. The van der Waals surface area contributed by atoms with Gasteiger partial charge in [-0.25, -0.2) is 15.0 Å². The Morgan fingerprint density at radius 1 is 1.03 bits per heavy atom. The number of ether oxygens (including phenoxy) is 1. The average Bonchev–Trinajstić information content (AvgIpc) is 3.34. The maximum Gasteiger partial charge on any atom is 0.257 e. The highest BCUT2D eigenvalue weighted by Crippen LogP contribution is 2.24. The van der Waals surface area contributed by atoms with Crippen molar-refractivity contribution in [1.82, 2.24) is 15.0 Å². The summed E-state index contributed by atoms with van der Waals surface area (Å²) in [5, 5.41) is 6.23. The Hall–Kier alpha value is -3.68. The number of carbonyl (C=O) groups is 1. The average molecular weight is 461 g/mol. The molecule has 0 unspecified atom stereocenters. The van der Waals surface area contributed by atoms with Crippen LogP contribution in [0, 0.1) is 6.92 Å².